The van der Waals surface area contributed by atoms with Crippen LogP contribution in [0, 0.1) is 11.7 Å². The molecule has 13 heteroatoms. The van der Waals surface area contributed by atoms with Crippen molar-refractivity contribution < 1.29 is 27.2 Å². The normalized spacial score (nSPS) is 18.2. The van der Waals surface area contributed by atoms with E-state index in [0.717, 1.165) is 24.3 Å². The Kier molecular flexibility index (Phi) is 6.99. The number of aromatic nitrogens is 3. The maximum Gasteiger partial charge on any atom is 0.289 e. The Morgan fingerprint density at radius 1 is 1.25 bits per heavy atom. The fraction of sp³-hybridized carbons (Fsp3) is 0.421. The molecule has 0 saturated carbocycles. The van der Waals surface area contributed by atoms with Gasteiger partial charge in [0.2, 0.25) is 21.7 Å². The van der Waals surface area contributed by atoms with Crippen LogP contribution in [0.15, 0.2) is 35.4 Å². The minimum Gasteiger partial charge on any atom is -0.349 e. The predicted octanol–water partition coefficient (Wildman–Crippen LogP) is -0.853. The van der Waals surface area contributed by atoms with Crippen LogP contribution in [0.2, 0.25) is 0 Å². The molecule has 2 aromatic rings. The Morgan fingerprint density at radius 3 is 2.59 bits per heavy atom. The van der Waals surface area contributed by atoms with Gasteiger partial charge in [-0.15, -0.1) is 0 Å². The van der Waals surface area contributed by atoms with Gasteiger partial charge in [0.05, 0.1) is 23.3 Å². The highest BCUT2D eigenvalue weighted by atomic mass is 32.2. The van der Waals surface area contributed by atoms with Crippen molar-refractivity contribution >= 4 is 27.6 Å². The molecular weight excluding hydrogens is 443 g/mol. The number of nitrogens with one attached hydrogen (secondary N) is 3. The molecule has 0 fully saturated rings. The summed E-state index contributed by atoms with van der Waals surface area (Å²) >= 11 is 0. The maximum absolute atomic E-state index is 13.1. The standard InChI is InChI=1S/C19H23FN6O5S/c1-11(2)16(25-32(30,31)14-5-3-12(20)4-6-14)18(28)23-15-10-26-22-9-13(24-26)7-8-21-19(29)17(15)27/h3-6,9,11,15-16,25H,7-8,10H2,1-2H3,(H,21,29)(H,23,28). The molecule has 2 atom stereocenters. The predicted molar refractivity (Wildman–Crippen MR) is 109 cm³/mol. The van der Waals surface area contributed by atoms with Crippen LogP contribution >= 0.6 is 0 Å². The summed E-state index contributed by atoms with van der Waals surface area (Å²) in [5.74, 6) is -3.69. The third-order valence-corrected chi connectivity index (χ3v) is 6.27. The molecule has 0 aliphatic carbocycles. The van der Waals surface area contributed by atoms with Gasteiger partial charge >= 0.3 is 0 Å². The largest absolute Gasteiger partial charge is 0.349 e. The number of halogens is 1. The van der Waals surface area contributed by atoms with Crippen LogP contribution in [0.1, 0.15) is 19.5 Å². The van der Waals surface area contributed by atoms with Crippen molar-refractivity contribution in [1.82, 2.24) is 30.3 Å². The zero-order valence-corrected chi connectivity index (χ0v) is 18.2. The Hall–Kier alpha value is -3.19. The van der Waals surface area contributed by atoms with E-state index in [-0.39, 0.29) is 18.0 Å². The van der Waals surface area contributed by atoms with E-state index in [0.29, 0.717) is 12.1 Å². The minimum atomic E-state index is -4.16. The average Bonchev–Trinajstić information content (AvgIpc) is 3.17. The van der Waals surface area contributed by atoms with Gasteiger partial charge in [0, 0.05) is 13.0 Å². The van der Waals surface area contributed by atoms with Gasteiger partial charge in [-0.05, 0) is 30.2 Å². The van der Waals surface area contributed by atoms with Gasteiger partial charge in [0.15, 0.2) is 0 Å². The lowest BCUT2D eigenvalue weighted by molar-refractivity contribution is -0.140. The number of hydrogen-bond donors (Lipinski definition) is 3. The average molecular weight is 466 g/mol. The molecule has 172 valence electrons. The minimum absolute atomic E-state index is 0.177. The van der Waals surface area contributed by atoms with E-state index in [9.17, 15) is 27.2 Å². The van der Waals surface area contributed by atoms with Crippen molar-refractivity contribution in [3.05, 3.63) is 42.0 Å². The second-order valence-electron chi connectivity index (χ2n) is 7.62. The third kappa shape index (κ3) is 5.53. The number of fused-ring (bicyclic) bond motifs is 2. The summed E-state index contributed by atoms with van der Waals surface area (Å²) in [4.78, 5) is 38.7. The van der Waals surface area contributed by atoms with E-state index in [2.05, 4.69) is 25.6 Å². The van der Waals surface area contributed by atoms with Crippen molar-refractivity contribution in [2.75, 3.05) is 6.54 Å². The van der Waals surface area contributed by atoms with Crippen LogP contribution < -0.4 is 15.4 Å². The van der Waals surface area contributed by atoms with Gasteiger partial charge < -0.3 is 10.6 Å². The Bertz CT molecular complexity index is 1120. The highest BCUT2D eigenvalue weighted by Crippen LogP contribution is 2.13. The smallest absolute Gasteiger partial charge is 0.289 e. The summed E-state index contributed by atoms with van der Waals surface area (Å²) < 4.78 is 40.8. The molecule has 2 unspecified atom stereocenters. The number of nitrogens with zero attached hydrogens (tertiary/aromatic N) is 3. The van der Waals surface area contributed by atoms with Gasteiger partial charge in [-0.25, -0.2) is 12.8 Å². The van der Waals surface area contributed by atoms with E-state index in [1.807, 2.05) is 0 Å². The van der Waals surface area contributed by atoms with E-state index in [4.69, 9.17) is 0 Å². The molecule has 1 aliphatic heterocycles. The topological polar surface area (TPSA) is 152 Å². The monoisotopic (exact) mass is 466 g/mol. The number of rotatable bonds is 6. The van der Waals surface area contributed by atoms with Gasteiger partial charge in [-0.3, -0.25) is 14.4 Å². The summed E-state index contributed by atoms with van der Waals surface area (Å²) in [7, 11) is -4.16. The van der Waals surface area contributed by atoms with Gasteiger partial charge in [0.25, 0.3) is 5.91 Å². The molecule has 0 radical (unpaired) electrons. The molecule has 1 aromatic heterocycles. The molecule has 3 N–H and O–H groups in total. The zero-order valence-electron chi connectivity index (χ0n) is 17.4. The van der Waals surface area contributed by atoms with Crippen LogP contribution in [-0.4, -0.2) is 59.6 Å². The lowest BCUT2D eigenvalue weighted by Gasteiger charge is -2.24. The summed E-state index contributed by atoms with van der Waals surface area (Å²) in [5.41, 5.74) is 0.608. The summed E-state index contributed by atoms with van der Waals surface area (Å²) in [5, 5.41) is 13.1. The number of Topliss-reactive ketones (excluding diaryl/α,β-unsaturated/α-hetero) is 1. The number of benzene rings is 1. The first-order chi connectivity index (χ1) is 15.1. The molecule has 2 bridgehead atoms. The molecule has 0 saturated heterocycles. The van der Waals surface area contributed by atoms with Crippen molar-refractivity contribution in [2.24, 2.45) is 5.92 Å². The van der Waals surface area contributed by atoms with E-state index in [1.54, 1.807) is 13.8 Å². The van der Waals surface area contributed by atoms with Gasteiger partial charge in [-0.2, -0.15) is 19.7 Å². The second kappa shape index (κ2) is 9.53. The summed E-state index contributed by atoms with van der Waals surface area (Å²) in [6, 6.07) is 1.55. The quantitative estimate of drug-likeness (QED) is 0.469. The number of sulfonamides is 1. The lowest BCUT2D eigenvalue weighted by atomic mass is 10.0. The Balaban J connectivity index is 1.81. The number of hydrogen-bond acceptors (Lipinski definition) is 7. The molecule has 32 heavy (non-hydrogen) atoms. The van der Waals surface area contributed by atoms with Crippen LogP contribution in [-0.2, 0) is 37.4 Å². The fourth-order valence-electron chi connectivity index (χ4n) is 3.05. The third-order valence-electron chi connectivity index (χ3n) is 4.81. The van der Waals surface area contributed by atoms with Crippen molar-refractivity contribution in [3.63, 3.8) is 0 Å². The highest BCUT2D eigenvalue weighted by molar-refractivity contribution is 7.89. The van der Waals surface area contributed by atoms with Gasteiger partial charge in [0.1, 0.15) is 17.9 Å². The molecular formula is C19H23FN6O5S. The molecule has 0 spiro atoms. The number of amides is 2. The van der Waals surface area contributed by atoms with Gasteiger partial charge in [-0.1, -0.05) is 13.8 Å². The first kappa shape index (κ1) is 23.5. The van der Waals surface area contributed by atoms with Crippen LogP contribution in [0.5, 0.6) is 0 Å². The van der Waals surface area contributed by atoms with Crippen LogP contribution in [0.4, 0.5) is 4.39 Å². The van der Waals surface area contributed by atoms with Crippen molar-refractivity contribution in [2.45, 2.75) is 43.8 Å². The molecule has 1 aromatic carbocycles. The molecule has 3 rings (SSSR count). The fourth-order valence-corrected chi connectivity index (χ4v) is 4.39. The number of carbonyl (C=O) groups is 3. The first-order valence-corrected chi connectivity index (χ1v) is 11.3. The molecule has 2 heterocycles. The zero-order chi connectivity index (χ0) is 23.5. The van der Waals surface area contributed by atoms with Crippen molar-refractivity contribution in [1.29, 1.82) is 0 Å². The Labute approximate surface area is 183 Å². The van der Waals surface area contributed by atoms with E-state index >= 15 is 0 Å². The van der Waals surface area contributed by atoms with Crippen molar-refractivity contribution in [3.8, 4) is 0 Å². The lowest BCUT2D eigenvalue weighted by Crippen LogP contribution is -2.56. The van der Waals surface area contributed by atoms with E-state index < -0.39 is 51.4 Å². The number of carbonyl (C=O) groups excluding carboxylic acids is 3. The van der Waals surface area contributed by atoms with Crippen LogP contribution in [0.25, 0.3) is 0 Å². The molecule has 2 amide bonds. The number of ketones is 1. The summed E-state index contributed by atoms with van der Waals surface area (Å²) in [6.45, 7) is 3.20. The molecule has 11 nitrogen and oxygen atoms in total. The second-order valence-corrected chi connectivity index (χ2v) is 9.33. The SMILES string of the molecule is CC(C)C(NS(=O)(=O)c1ccc(F)cc1)C(=O)NC1Cn2ncc(n2)CCNC(=O)C1=O. The first-order valence-electron chi connectivity index (χ1n) is 9.86. The highest BCUT2D eigenvalue weighted by Gasteiger charge is 2.34. The Morgan fingerprint density at radius 2 is 1.94 bits per heavy atom. The van der Waals surface area contributed by atoms with E-state index in [1.165, 1.54) is 11.0 Å². The van der Waals surface area contributed by atoms with Crippen LogP contribution in [0.3, 0.4) is 0 Å². The summed E-state index contributed by atoms with van der Waals surface area (Å²) in [6.07, 6.45) is 1.89. The maximum atomic E-state index is 13.1. The molecule has 1 aliphatic rings.